The van der Waals surface area contributed by atoms with Gasteiger partial charge in [-0.05, 0) is 19.3 Å². The van der Waals surface area contributed by atoms with Crippen LogP contribution >= 0.6 is 0 Å². The predicted molar refractivity (Wildman–Crippen MR) is 169 cm³/mol. The highest BCUT2D eigenvalue weighted by Crippen LogP contribution is 2.23. The lowest BCUT2D eigenvalue weighted by Gasteiger charge is -2.40. The fourth-order valence-electron chi connectivity index (χ4n) is 5.65. The zero-order chi connectivity index (χ0) is 32.6. The van der Waals surface area contributed by atoms with Crippen LogP contribution in [0, 0.1) is 0 Å². The number of hydrogen-bond donors (Lipinski definition) is 8. The van der Waals surface area contributed by atoms with Crippen molar-refractivity contribution in [2.45, 2.75) is 184 Å². The van der Waals surface area contributed by atoms with E-state index < -0.39 is 55.6 Å². The maximum absolute atomic E-state index is 12.8. The third kappa shape index (κ3) is 17.7. The monoisotopic (exact) mass is 635 g/mol. The summed E-state index contributed by atoms with van der Waals surface area (Å²) in [6.07, 6.45) is 10.1. The molecule has 1 fully saturated rings. The Morgan fingerprint density at radius 1 is 0.727 bits per heavy atom. The van der Waals surface area contributed by atoms with Crippen LogP contribution in [0.4, 0.5) is 0 Å². The standard InChI is InChI=1S/C33H65NO10/c1-2-3-4-5-6-7-8-12-15-18-21-28(38)34-25(24-43-33-32(42)31(41)30(40)27(23-36)44-33)29(39)26(37)20-17-14-11-9-10-13-16-19-22-35/h25-27,29-33,35-37,39-42H,2-24H2,1H3,(H,34,38)/t25-,26+,27?,29-,30-,31?,32+,33-/m0/s1. The van der Waals surface area contributed by atoms with Gasteiger partial charge in [-0.25, -0.2) is 0 Å². The average Bonchev–Trinajstić information content (AvgIpc) is 3.02. The summed E-state index contributed by atoms with van der Waals surface area (Å²) in [7, 11) is 0. The highest BCUT2D eigenvalue weighted by Gasteiger charge is 2.44. The summed E-state index contributed by atoms with van der Waals surface area (Å²) in [6.45, 7) is 1.52. The number of aliphatic hydroxyl groups excluding tert-OH is 7. The highest BCUT2D eigenvalue weighted by atomic mass is 16.7. The van der Waals surface area contributed by atoms with Crippen molar-refractivity contribution in [3.63, 3.8) is 0 Å². The second kappa shape index (κ2) is 26.2. The van der Waals surface area contributed by atoms with E-state index in [9.17, 15) is 35.4 Å². The van der Waals surface area contributed by atoms with Gasteiger partial charge in [0.1, 0.15) is 30.5 Å². The van der Waals surface area contributed by atoms with Crippen molar-refractivity contribution in [3.8, 4) is 0 Å². The lowest BCUT2D eigenvalue weighted by atomic mass is 9.98. The maximum atomic E-state index is 12.8. The van der Waals surface area contributed by atoms with Gasteiger partial charge in [-0.3, -0.25) is 4.79 Å². The first-order valence-electron chi connectivity index (χ1n) is 17.4. The molecule has 1 heterocycles. The molecule has 0 aromatic rings. The zero-order valence-corrected chi connectivity index (χ0v) is 27.2. The van der Waals surface area contributed by atoms with Crippen LogP contribution in [0.25, 0.3) is 0 Å². The molecule has 11 nitrogen and oxygen atoms in total. The minimum atomic E-state index is -1.61. The summed E-state index contributed by atoms with van der Waals surface area (Å²) in [6, 6.07) is -1.00. The van der Waals surface area contributed by atoms with E-state index in [-0.39, 0.29) is 25.5 Å². The first kappa shape index (κ1) is 41.1. The van der Waals surface area contributed by atoms with Crippen molar-refractivity contribution in [1.82, 2.24) is 5.32 Å². The second-order valence-electron chi connectivity index (χ2n) is 12.5. The Hall–Kier alpha value is -0.890. The number of hydrogen-bond acceptors (Lipinski definition) is 10. The first-order chi connectivity index (χ1) is 21.3. The number of amides is 1. The normalized spacial score (nSPS) is 24.2. The minimum Gasteiger partial charge on any atom is -0.396 e. The van der Waals surface area contributed by atoms with Gasteiger partial charge in [-0.15, -0.1) is 0 Å². The number of unbranched alkanes of at least 4 members (excludes halogenated alkanes) is 16. The van der Waals surface area contributed by atoms with Crippen LogP contribution in [-0.2, 0) is 14.3 Å². The second-order valence-corrected chi connectivity index (χ2v) is 12.5. The Kier molecular flexibility index (Phi) is 24.5. The van der Waals surface area contributed by atoms with E-state index in [1.165, 1.54) is 38.5 Å². The number of rotatable bonds is 28. The molecule has 0 saturated carbocycles. The van der Waals surface area contributed by atoms with Gasteiger partial charge in [0.15, 0.2) is 6.29 Å². The van der Waals surface area contributed by atoms with Gasteiger partial charge >= 0.3 is 0 Å². The van der Waals surface area contributed by atoms with Gasteiger partial charge in [0, 0.05) is 13.0 Å². The van der Waals surface area contributed by atoms with Crippen LogP contribution in [0.2, 0.25) is 0 Å². The van der Waals surface area contributed by atoms with E-state index in [1.807, 2.05) is 0 Å². The summed E-state index contributed by atoms with van der Waals surface area (Å²) < 4.78 is 11.0. The molecule has 8 N–H and O–H groups in total. The Labute approximate surface area is 265 Å². The third-order valence-corrected chi connectivity index (χ3v) is 8.61. The molecule has 0 aromatic carbocycles. The van der Waals surface area contributed by atoms with Crippen molar-refractivity contribution >= 4 is 5.91 Å². The molecule has 1 saturated heterocycles. The SMILES string of the molecule is CCCCCCCCCCCCC(=O)N[C@@H](CO[C@H]1OC(CO)[C@H](O)C(O)[C@H]1O)[C@H](O)[C@H](O)CCCCCCCCCCO. The molecule has 1 amide bonds. The Balaban J connectivity index is 2.55. The zero-order valence-electron chi connectivity index (χ0n) is 27.2. The van der Waals surface area contributed by atoms with Crippen LogP contribution in [0.5, 0.6) is 0 Å². The summed E-state index contributed by atoms with van der Waals surface area (Å²) in [4.78, 5) is 12.8. The molecule has 0 bridgehead atoms. The molecule has 1 aliphatic rings. The lowest BCUT2D eigenvalue weighted by Crippen LogP contribution is -2.60. The average molecular weight is 636 g/mol. The van der Waals surface area contributed by atoms with Crippen LogP contribution in [0.1, 0.15) is 135 Å². The van der Waals surface area contributed by atoms with E-state index in [1.54, 1.807) is 0 Å². The smallest absolute Gasteiger partial charge is 0.220 e. The molecule has 1 rings (SSSR count). The van der Waals surface area contributed by atoms with Crippen molar-refractivity contribution < 1.29 is 50.0 Å². The Morgan fingerprint density at radius 3 is 1.80 bits per heavy atom. The maximum Gasteiger partial charge on any atom is 0.220 e. The fourth-order valence-corrected chi connectivity index (χ4v) is 5.65. The van der Waals surface area contributed by atoms with E-state index in [0.29, 0.717) is 19.3 Å². The van der Waals surface area contributed by atoms with Gasteiger partial charge in [0.25, 0.3) is 0 Å². The molecule has 0 spiro atoms. The number of carbonyl (C=O) groups excluding carboxylic acids is 1. The predicted octanol–water partition coefficient (Wildman–Crippen LogP) is 2.82. The van der Waals surface area contributed by atoms with Crippen molar-refractivity contribution in [3.05, 3.63) is 0 Å². The molecule has 0 radical (unpaired) electrons. The van der Waals surface area contributed by atoms with Gasteiger partial charge in [0.05, 0.1) is 25.4 Å². The highest BCUT2D eigenvalue weighted by molar-refractivity contribution is 5.76. The van der Waals surface area contributed by atoms with Crippen LogP contribution in [0.15, 0.2) is 0 Å². The molecule has 11 heteroatoms. The van der Waals surface area contributed by atoms with E-state index in [2.05, 4.69) is 12.2 Å². The summed E-state index contributed by atoms with van der Waals surface area (Å²) >= 11 is 0. The van der Waals surface area contributed by atoms with Crippen LogP contribution in [0.3, 0.4) is 0 Å². The minimum absolute atomic E-state index is 0.231. The van der Waals surface area contributed by atoms with Gasteiger partial charge in [0.2, 0.25) is 5.91 Å². The molecule has 8 atom stereocenters. The summed E-state index contributed by atoms with van der Waals surface area (Å²) in [5.41, 5.74) is 0. The van der Waals surface area contributed by atoms with Crippen molar-refractivity contribution in [2.24, 2.45) is 0 Å². The van der Waals surface area contributed by atoms with Crippen molar-refractivity contribution in [2.75, 3.05) is 19.8 Å². The van der Waals surface area contributed by atoms with Crippen molar-refractivity contribution in [1.29, 1.82) is 0 Å². The number of nitrogens with one attached hydrogen (secondary N) is 1. The van der Waals surface area contributed by atoms with E-state index in [0.717, 1.165) is 64.2 Å². The number of aliphatic hydroxyl groups is 7. The quantitative estimate of drug-likeness (QED) is 0.0594. The van der Waals surface area contributed by atoms with Crippen LogP contribution in [-0.4, -0.2) is 110 Å². The molecular formula is C33H65NO10. The topological polar surface area (TPSA) is 189 Å². The Bertz CT molecular complexity index is 685. The summed E-state index contributed by atoms with van der Waals surface area (Å²) in [5, 5.41) is 73.2. The molecule has 2 unspecified atom stereocenters. The molecule has 44 heavy (non-hydrogen) atoms. The van der Waals surface area contributed by atoms with Crippen LogP contribution < -0.4 is 5.32 Å². The van der Waals surface area contributed by atoms with Gasteiger partial charge in [-0.1, -0.05) is 110 Å². The van der Waals surface area contributed by atoms with E-state index in [4.69, 9.17) is 14.6 Å². The number of ether oxygens (including phenoxy) is 2. The molecule has 1 aliphatic heterocycles. The van der Waals surface area contributed by atoms with Gasteiger partial charge in [-0.2, -0.15) is 0 Å². The molecular weight excluding hydrogens is 570 g/mol. The summed E-state index contributed by atoms with van der Waals surface area (Å²) in [5.74, 6) is -0.278. The third-order valence-electron chi connectivity index (χ3n) is 8.61. The first-order valence-corrected chi connectivity index (χ1v) is 17.4. The molecule has 262 valence electrons. The Morgan fingerprint density at radius 2 is 1.25 bits per heavy atom. The largest absolute Gasteiger partial charge is 0.396 e. The molecule has 0 aromatic heterocycles. The lowest BCUT2D eigenvalue weighted by molar-refractivity contribution is -0.303. The molecule has 0 aliphatic carbocycles. The fraction of sp³-hybridized carbons (Fsp3) is 0.970. The van der Waals surface area contributed by atoms with E-state index >= 15 is 0 Å². The number of carbonyl (C=O) groups is 1. The van der Waals surface area contributed by atoms with Gasteiger partial charge < -0.3 is 50.5 Å².